The summed E-state index contributed by atoms with van der Waals surface area (Å²) in [4.78, 5) is 25.0. The summed E-state index contributed by atoms with van der Waals surface area (Å²) in [5.74, 6) is 0. The van der Waals surface area contributed by atoms with Crippen LogP contribution in [0.4, 0.5) is 16.2 Å². The van der Waals surface area contributed by atoms with Crippen molar-refractivity contribution in [2.24, 2.45) is 0 Å². The van der Waals surface area contributed by atoms with Crippen LogP contribution >= 0.6 is 11.6 Å². The lowest BCUT2D eigenvalue weighted by molar-refractivity contribution is -0.384. The number of benzene rings is 1. The molecule has 2 rings (SSSR count). The highest BCUT2D eigenvalue weighted by molar-refractivity contribution is 6.31. The van der Waals surface area contributed by atoms with E-state index in [9.17, 15) is 14.9 Å². The van der Waals surface area contributed by atoms with E-state index in [1.165, 1.54) is 17.0 Å². The number of hydrogen-bond donors (Lipinski definition) is 1. The minimum atomic E-state index is -0.691. The number of nitro benzene ring substituents is 1. The number of amides is 1. The average Bonchev–Trinajstić information content (AvgIpc) is 2.48. The van der Waals surface area contributed by atoms with Gasteiger partial charge in [0.15, 0.2) is 0 Å². The molecule has 0 spiro atoms. The summed E-state index contributed by atoms with van der Waals surface area (Å²) >= 11 is 5.89. The van der Waals surface area contributed by atoms with Crippen molar-refractivity contribution in [3.8, 4) is 0 Å². The van der Waals surface area contributed by atoms with E-state index in [0.717, 1.165) is 13.1 Å². The Kier molecular flexibility index (Phi) is 5.66. The van der Waals surface area contributed by atoms with Crippen molar-refractivity contribution >= 4 is 29.1 Å². The van der Waals surface area contributed by atoms with Gasteiger partial charge in [-0.25, -0.2) is 4.79 Å². The number of rotatable bonds is 3. The van der Waals surface area contributed by atoms with Crippen LogP contribution in [0, 0.1) is 10.1 Å². The highest BCUT2D eigenvalue weighted by Crippen LogP contribution is 2.34. The number of piperidine rings is 1. The molecule has 1 fully saturated rings. The Morgan fingerprint density at radius 1 is 1.38 bits per heavy atom. The molecule has 0 radical (unpaired) electrons. The second-order valence-electron chi connectivity index (χ2n) is 6.72. The predicted molar refractivity (Wildman–Crippen MR) is 92.7 cm³/mol. The number of hydrogen-bond acceptors (Lipinski definition) is 5. The molecule has 8 heteroatoms. The van der Waals surface area contributed by atoms with Crippen molar-refractivity contribution in [2.45, 2.75) is 45.3 Å². The predicted octanol–water partition coefficient (Wildman–Crippen LogP) is 3.74. The third-order valence-corrected chi connectivity index (χ3v) is 3.89. The summed E-state index contributed by atoms with van der Waals surface area (Å²) in [6, 6.07) is 4.14. The van der Waals surface area contributed by atoms with E-state index in [0.29, 0.717) is 12.8 Å². The van der Waals surface area contributed by atoms with Gasteiger partial charge < -0.3 is 10.1 Å². The van der Waals surface area contributed by atoms with Crippen molar-refractivity contribution in [3.05, 3.63) is 33.3 Å². The number of nitrogens with zero attached hydrogens (tertiary/aromatic N) is 2. The first-order chi connectivity index (χ1) is 11.2. The Balaban J connectivity index is 2.45. The molecule has 1 amide bonds. The Morgan fingerprint density at radius 2 is 2.00 bits per heavy atom. The minimum Gasteiger partial charge on any atom is -0.443 e. The smallest absolute Gasteiger partial charge is 0.415 e. The third-order valence-electron chi connectivity index (χ3n) is 3.66. The van der Waals surface area contributed by atoms with Crippen molar-refractivity contribution in [3.63, 3.8) is 0 Å². The van der Waals surface area contributed by atoms with Gasteiger partial charge in [-0.3, -0.25) is 15.0 Å². The minimum absolute atomic E-state index is 0.166. The van der Waals surface area contributed by atoms with E-state index in [2.05, 4.69) is 5.32 Å². The molecule has 132 valence electrons. The van der Waals surface area contributed by atoms with Gasteiger partial charge in [0.25, 0.3) is 5.69 Å². The molecule has 24 heavy (non-hydrogen) atoms. The first kappa shape index (κ1) is 18.5. The highest BCUT2D eigenvalue weighted by Gasteiger charge is 2.34. The molecule has 1 aromatic carbocycles. The zero-order valence-corrected chi connectivity index (χ0v) is 14.8. The van der Waals surface area contributed by atoms with E-state index >= 15 is 0 Å². The second kappa shape index (κ2) is 7.36. The zero-order chi connectivity index (χ0) is 17.9. The number of nitrogens with one attached hydrogen (secondary N) is 1. The molecule has 0 unspecified atom stereocenters. The van der Waals surface area contributed by atoms with Gasteiger partial charge in [-0.05, 0) is 58.8 Å². The van der Waals surface area contributed by atoms with E-state index in [1.54, 1.807) is 26.8 Å². The van der Waals surface area contributed by atoms with Crippen LogP contribution in [0.2, 0.25) is 5.02 Å². The monoisotopic (exact) mass is 355 g/mol. The maximum Gasteiger partial charge on any atom is 0.415 e. The fourth-order valence-electron chi connectivity index (χ4n) is 2.67. The molecule has 0 aromatic heterocycles. The molecular formula is C16H22ClN3O4. The normalized spacial score (nSPS) is 15.8. The number of nitro groups is 1. The van der Waals surface area contributed by atoms with Gasteiger partial charge >= 0.3 is 6.09 Å². The number of ether oxygens (including phenoxy) is 1. The van der Waals surface area contributed by atoms with Gasteiger partial charge in [0.05, 0.1) is 4.92 Å². The maximum atomic E-state index is 12.7. The molecule has 7 nitrogen and oxygen atoms in total. The van der Waals surface area contributed by atoms with Gasteiger partial charge in [-0.1, -0.05) is 11.6 Å². The molecule has 1 aromatic rings. The SMILES string of the molecule is CC(C)(C)OC(=O)N(c1ccc(Cl)cc1[N+](=O)[O-])C1CCNCC1. The van der Waals surface area contributed by atoms with E-state index in [4.69, 9.17) is 16.3 Å². The van der Waals surface area contributed by atoms with Crippen LogP contribution in [0.15, 0.2) is 18.2 Å². The molecule has 0 saturated carbocycles. The van der Waals surface area contributed by atoms with Gasteiger partial charge in [0.1, 0.15) is 11.3 Å². The second-order valence-corrected chi connectivity index (χ2v) is 7.16. The Morgan fingerprint density at radius 3 is 2.54 bits per heavy atom. The van der Waals surface area contributed by atoms with Crippen LogP contribution in [0.5, 0.6) is 0 Å². The van der Waals surface area contributed by atoms with Crippen molar-refractivity contribution in [1.29, 1.82) is 0 Å². The summed E-state index contributed by atoms with van der Waals surface area (Å²) in [6.45, 7) is 6.78. The lowest BCUT2D eigenvalue weighted by Gasteiger charge is -2.35. The van der Waals surface area contributed by atoms with Crippen LogP contribution in [-0.4, -0.2) is 35.7 Å². The molecule has 1 saturated heterocycles. The fraction of sp³-hybridized carbons (Fsp3) is 0.562. The summed E-state index contributed by atoms with van der Waals surface area (Å²) in [6.07, 6.45) is 0.803. The first-order valence-corrected chi connectivity index (χ1v) is 8.24. The van der Waals surface area contributed by atoms with Gasteiger partial charge in [0, 0.05) is 17.1 Å². The average molecular weight is 356 g/mol. The van der Waals surface area contributed by atoms with Gasteiger partial charge in [-0.2, -0.15) is 0 Å². The van der Waals surface area contributed by atoms with Crippen LogP contribution in [0.3, 0.4) is 0 Å². The number of carbonyl (C=O) groups is 1. The molecule has 0 aliphatic carbocycles. The van der Waals surface area contributed by atoms with E-state index in [-0.39, 0.29) is 22.4 Å². The molecule has 1 aliphatic heterocycles. The number of carbonyl (C=O) groups excluding carboxylic acids is 1. The van der Waals surface area contributed by atoms with Crippen molar-refractivity contribution in [1.82, 2.24) is 5.32 Å². The highest BCUT2D eigenvalue weighted by atomic mass is 35.5. The topological polar surface area (TPSA) is 84.7 Å². The van der Waals surface area contributed by atoms with Gasteiger partial charge in [0.2, 0.25) is 0 Å². The molecule has 1 N–H and O–H groups in total. The molecular weight excluding hydrogens is 334 g/mol. The van der Waals surface area contributed by atoms with Crippen LogP contribution in [0.25, 0.3) is 0 Å². The van der Waals surface area contributed by atoms with Crippen LogP contribution in [0.1, 0.15) is 33.6 Å². The summed E-state index contributed by atoms with van der Waals surface area (Å²) in [7, 11) is 0. The lowest BCUT2D eigenvalue weighted by Crippen LogP contribution is -2.48. The van der Waals surface area contributed by atoms with E-state index < -0.39 is 16.6 Å². The standard InChI is InChI=1S/C16H22ClN3O4/c1-16(2,3)24-15(21)19(12-6-8-18-9-7-12)13-5-4-11(17)10-14(13)20(22)23/h4-5,10,12,18H,6-9H2,1-3H3. The third kappa shape index (κ3) is 4.58. The Hall–Kier alpha value is -1.86. The zero-order valence-electron chi connectivity index (χ0n) is 14.0. The largest absolute Gasteiger partial charge is 0.443 e. The first-order valence-electron chi connectivity index (χ1n) is 7.86. The summed E-state index contributed by atoms with van der Waals surface area (Å²) < 4.78 is 5.48. The molecule has 0 atom stereocenters. The number of halogens is 1. The quantitative estimate of drug-likeness (QED) is 0.659. The van der Waals surface area contributed by atoms with Crippen molar-refractivity contribution < 1.29 is 14.5 Å². The number of anilines is 1. The van der Waals surface area contributed by atoms with Gasteiger partial charge in [-0.15, -0.1) is 0 Å². The molecule has 1 aliphatic rings. The van der Waals surface area contributed by atoms with Crippen molar-refractivity contribution in [2.75, 3.05) is 18.0 Å². The molecule has 0 bridgehead atoms. The van der Waals surface area contributed by atoms with Crippen LogP contribution in [-0.2, 0) is 4.74 Å². The maximum absolute atomic E-state index is 12.7. The Labute approximate surface area is 146 Å². The summed E-state index contributed by atoms with van der Waals surface area (Å²) in [5.41, 5.74) is -0.679. The molecule has 1 heterocycles. The lowest BCUT2D eigenvalue weighted by atomic mass is 10.0. The Bertz CT molecular complexity index is 624. The summed E-state index contributed by atoms with van der Waals surface area (Å²) in [5, 5.41) is 14.9. The van der Waals surface area contributed by atoms with Crippen LogP contribution < -0.4 is 10.2 Å². The fourth-order valence-corrected chi connectivity index (χ4v) is 2.83. The van der Waals surface area contributed by atoms with E-state index in [1.807, 2.05) is 0 Å².